The molecule has 0 aromatic carbocycles. The second-order valence-electron chi connectivity index (χ2n) is 3.26. The van der Waals surface area contributed by atoms with Gasteiger partial charge in [0.2, 0.25) is 0 Å². The number of carbonyl (C=O) groups is 1. The molecule has 0 saturated heterocycles. The summed E-state index contributed by atoms with van der Waals surface area (Å²) in [6.45, 7) is -1.45. The molecule has 144 valence electrons. The number of rotatable bonds is 6. The van der Waals surface area contributed by atoms with Crippen molar-refractivity contribution in [2.24, 2.45) is 0 Å². The smallest absolute Gasteiger partial charge is 1.00 e. The van der Waals surface area contributed by atoms with Crippen molar-refractivity contribution < 1.29 is 102 Å². The third-order valence-electron chi connectivity index (χ3n) is 1.69. The van der Waals surface area contributed by atoms with Gasteiger partial charge in [0.15, 0.2) is 0 Å². The Kier molecular flexibility index (Phi) is 34.0. The second kappa shape index (κ2) is 20.4. The first-order chi connectivity index (χ1) is 8.96. The Morgan fingerprint density at radius 3 is 1.29 bits per heavy atom. The summed E-state index contributed by atoms with van der Waals surface area (Å²) in [6, 6.07) is 0. The molecule has 0 heterocycles. The molecule has 4 atom stereocenters. The van der Waals surface area contributed by atoms with E-state index in [-0.39, 0.29) is 82.5 Å². The molecule has 0 fully saturated rings. The molecule has 0 aromatic rings. The van der Waals surface area contributed by atoms with Gasteiger partial charge in [-0.25, -0.2) is 4.79 Å². The summed E-state index contributed by atoms with van der Waals surface area (Å²) >= 11 is 0. The van der Waals surface area contributed by atoms with Gasteiger partial charge in [-0.1, -0.05) is 0 Å². The molecule has 14 nitrogen and oxygen atoms in total. The molecule has 0 aliphatic carbocycles. The SMILES string of the molecule is O.O.O=C(O)OS(=O)(=O)O.OC[C@@H](O)[C@@H](O)[C@H](O)[C@H](O)CO.[Ca+2].[H-].[H-].[H-].[Na+]. The summed E-state index contributed by atoms with van der Waals surface area (Å²) in [6.07, 6.45) is -8.45. The largest absolute Gasteiger partial charge is 2.00 e. The molecule has 0 saturated carbocycles. The monoisotopic (exact) mass is 426 g/mol. The van der Waals surface area contributed by atoms with Crippen molar-refractivity contribution in [3.05, 3.63) is 0 Å². The van der Waals surface area contributed by atoms with E-state index in [1.54, 1.807) is 0 Å². The van der Waals surface area contributed by atoms with Gasteiger partial charge in [-0.3, -0.25) is 8.74 Å². The third-order valence-corrected chi connectivity index (χ3v) is 2.04. The second-order valence-corrected chi connectivity index (χ2v) is 4.28. The number of hydrogen-bond acceptors (Lipinski definition) is 10. The van der Waals surface area contributed by atoms with E-state index >= 15 is 0 Å². The first-order valence-electron chi connectivity index (χ1n) is 4.80. The van der Waals surface area contributed by atoms with Gasteiger partial charge >= 0.3 is 83.8 Å². The van der Waals surface area contributed by atoms with Crippen LogP contribution in [-0.4, -0.2) is 141 Å². The molecule has 0 radical (unpaired) electrons. The third kappa shape index (κ3) is 23.1. The molecular weight excluding hydrogens is 403 g/mol. The van der Waals surface area contributed by atoms with Gasteiger partial charge in [0.25, 0.3) is 0 Å². The molecule has 12 N–H and O–H groups in total. The van der Waals surface area contributed by atoms with Crippen molar-refractivity contribution in [2.45, 2.75) is 24.4 Å². The van der Waals surface area contributed by atoms with Gasteiger partial charge in [-0.15, -0.1) is 0 Å². The van der Waals surface area contributed by atoms with Gasteiger partial charge in [0.1, 0.15) is 24.4 Å². The van der Waals surface area contributed by atoms with Gasteiger partial charge in [0, 0.05) is 0 Å². The Morgan fingerprint density at radius 1 is 0.958 bits per heavy atom. The molecule has 0 bridgehead atoms. The molecular formula is C7H23CaNaO14S. The minimum atomic E-state index is -4.82. The Hall–Kier alpha value is 1.12. The number of hydrogen-bond donors (Lipinski definition) is 8. The van der Waals surface area contributed by atoms with Crippen LogP contribution in [0.3, 0.4) is 0 Å². The topological polar surface area (TPSA) is 285 Å². The molecule has 0 rings (SSSR count). The average molecular weight is 426 g/mol. The van der Waals surface area contributed by atoms with Gasteiger partial charge in [0.05, 0.1) is 13.2 Å². The van der Waals surface area contributed by atoms with Crippen LogP contribution in [-0.2, 0) is 14.6 Å². The summed E-state index contributed by atoms with van der Waals surface area (Å²) in [4.78, 5) is 9.25. The minimum Gasteiger partial charge on any atom is -1.00 e. The van der Waals surface area contributed by atoms with Crippen LogP contribution in [0.4, 0.5) is 4.79 Å². The number of aliphatic hydroxyl groups excluding tert-OH is 6. The van der Waals surface area contributed by atoms with Gasteiger partial charge in [-0.2, -0.15) is 8.42 Å². The van der Waals surface area contributed by atoms with E-state index in [2.05, 4.69) is 4.18 Å². The van der Waals surface area contributed by atoms with Crippen LogP contribution in [0.1, 0.15) is 4.28 Å². The van der Waals surface area contributed by atoms with Crippen LogP contribution in [0.15, 0.2) is 0 Å². The summed E-state index contributed by atoms with van der Waals surface area (Å²) in [5.74, 6) is 0. The van der Waals surface area contributed by atoms with Crippen LogP contribution < -0.4 is 29.6 Å². The maximum absolute atomic E-state index is 9.39. The van der Waals surface area contributed by atoms with E-state index in [0.717, 1.165) is 0 Å². The minimum absolute atomic E-state index is 0. The fourth-order valence-corrected chi connectivity index (χ4v) is 0.941. The van der Waals surface area contributed by atoms with Crippen molar-refractivity contribution in [1.29, 1.82) is 0 Å². The van der Waals surface area contributed by atoms with E-state index in [1.807, 2.05) is 0 Å². The Morgan fingerprint density at radius 2 is 1.21 bits per heavy atom. The standard InChI is InChI=1S/C6H14O6.CH2O6S.Ca.Na.2H2O.3H/c7-1-3(9)5(11)6(12)4(10)2-8;2-1(3)7-8(4,5)6;;;;;;;/h3-12H,1-2H2;(H,2,3)(H,4,5,6);;;2*1H2;;;/q;;+2;+1;;;3*-1/t3-,4-,5-,6-;;;;;;;;/m1......../s1. The molecule has 0 aromatic heterocycles. The zero-order valence-electron chi connectivity index (χ0n) is 15.5. The summed E-state index contributed by atoms with van der Waals surface area (Å²) in [5.41, 5.74) is 0. The summed E-state index contributed by atoms with van der Waals surface area (Å²) in [5, 5.41) is 59.7. The van der Waals surface area contributed by atoms with E-state index in [0.29, 0.717) is 0 Å². The van der Waals surface area contributed by atoms with Crippen LogP contribution in [0, 0.1) is 0 Å². The first kappa shape index (κ1) is 40.0. The van der Waals surface area contributed by atoms with Crippen LogP contribution in [0.5, 0.6) is 0 Å². The predicted molar refractivity (Wildman–Crippen MR) is 75.2 cm³/mol. The zero-order valence-corrected chi connectivity index (χ0v) is 17.6. The summed E-state index contributed by atoms with van der Waals surface area (Å²) in [7, 11) is -4.82. The maximum Gasteiger partial charge on any atom is 2.00 e. The molecule has 0 amide bonds. The van der Waals surface area contributed by atoms with Crippen molar-refractivity contribution in [1.82, 2.24) is 0 Å². The molecule has 17 heteroatoms. The Labute approximate surface area is 193 Å². The Bertz CT molecular complexity index is 379. The quantitative estimate of drug-likeness (QED) is 0.145. The van der Waals surface area contributed by atoms with Crippen molar-refractivity contribution in [3.63, 3.8) is 0 Å². The molecule has 0 aliphatic rings. The zero-order chi connectivity index (χ0) is 16.5. The van der Waals surface area contributed by atoms with E-state index in [1.165, 1.54) is 0 Å². The van der Waals surface area contributed by atoms with Crippen molar-refractivity contribution in [3.8, 4) is 0 Å². The summed E-state index contributed by atoms with van der Waals surface area (Å²) < 4.78 is 29.2. The Balaban J connectivity index is -0.0000000283. The molecule has 0 aliphatic heterocycles. The van der Waals surface area contributed by atoms with Crippen LogP contribution in [0.25, 0.3) is 0 Å². The van der Waals surface area contributed by atoms with Crippen molar-refractivity contribution in [2.75, 3.05) is 13.2 Å². The maximum atomic E-state index is 9.39. The molecule has 0 spiro atoms. The molecule has 0 unspecified atom stereocenters. The fraction of sp³-hybridized carbons (Fsp3) is 0.857. The number of aliphatic hydroxyl groups is 6. The molecule has 24 heavy (non-hydrogen) atoms. The first-order valence-corrected chi connectivity index (χ1v) is 6.16. The fourth-order valence-electron chi connectivity index (χ4n) is 0.761. The van der Waals surface area contributed by atoms with E-state index in [9.17, 15) is 13.2 Å². The van der Waals surface area contributed by atoms with Gasteiger partial charge < -0.3 is 51.0 Å². The van der Waals surface area contributed by atoms with Crippen LogP contribution in [0.2, 0.25) is 0 Å². The van der Waals surface area contributed by atoms with E-state index < -0.39 is 54.2 Å². The van der Waals surface area contributed by atoms with Crippen LogP contribution >= 0.6 is 0 Å². The van der Waals surface area contributed by atoms with Crippen molar-refractivity contribution >= 4 is 54.3 Å². The van der Waals surface area contributed by atoms with E-state index in [4.69, 9.17) is 40.3 Å². The average Bonchev–Trinajstić information content (AvgIpc) is 2.32. The predicted octanol–water partition coefficient (Wildman–Crippen LogP) is -8.79. The normalized spacial score (nSPS) is 14.3. The van der Waals surface area contributed by atoms with Gasteiger partial charge in [-0.05, 0) is 0 Å². The number of carboxylic acid groups (broad SMARTS) is 1.